The van der Waals surface area contributed by atoms with Gasteiger partial charge in [-0.15, -0.1) is 0 Å². The molecule has 0 saturated heterocycles. The van der Waals surface area contributed by atoms with E-state index in [4.69, 9.17) is 4.74 Å². The lowest BCUT2D eigenvalue weighted by Crippen LogP contribution is -2.26. The van der Waals surface area contributed by atoms with E-state index < -0.39 is 0 Å². The Balaban J connectivity index is 1.99. The first-order valence-corrected chi connectivity index (χ1v) is 6.59. The van der Waals surface area contributed by atoms with Gasteiger partial charge in [-0.25, -0.2) is 4.98 Å². The van der Waals surface area contributed by atoms with Crippen molar-refractivity contribution >= 4 is 0 Å². The van der Waals surface area contributed by atoms with Gasteiger partial charge in [-0.3, -0.25) is 0 Å². The number of hydrogen-bond acceptors (Lipinski definition) is 3. The number of aromatic nitrogens is 2. The normalized spacial score (nSPS) is 19.2. The van der Waals surface area contributed by atoms with E-state index in [0.717, 1.165) is 30.5 Å². The van der Waals surface area contributed by atoms with Crippen LogP contribution in [0.3, 0.4) is 0 Å². The van der Waals surface area contributed by atoms with Crippen molar-refractivity contribution in [2.75, 3.05) is 6.61 Å². The molecule has 1 saturated carbocycles. The van der Waals surface area contributed by atoms with Crippen LogP contribution in [0.4, 0.5) is 0 Å². The van der Waals surface area contributed by atoms with Gasteiger partial charge in [0.15, 0.2) is 0 Å². The van der Waals surface area contributed by atoms with Crippen LogP contribution in [-0.4, -0.2) is 22.6 Å². The molecule has 1 aromatic rings. The van der Waals surface area contributed by atoms with Crippen LogP contribution in [0.15, 0.2) is 6.20 Å². The summed E-state index contributed by atoms with van der Waals surface area (Å²) >= 11 is 0. The Hall–Kier alpha value is -0.870. The van der Waals surface area contributed by atoms with Crippen LogP contribution >= 0.6 is 0 Å². The molecule has 1 atom stereocenters. The molecule has 0 aliphatic heterocycles. The summed E-state index contributed by atoms with van der Waals surface area (Å²) in [5, 5.41) is 3.48. The highest BCUT2D eigenvalue weighted by Crippen LogP contribution is 2.26. The van der Waals surface area contributed by atoms with Gasteiger partial charge < -0.3 is 15.0 Å². The van der Waals surface area contributed by atoms with Gasteiger partial charge in [0, 0.05) is 31.1 Å². The van der Waals surface area contributed by atoms with E-state index in [2.05, 4.69) is 29.1 Å². The molecule has 4 nitrogen and oxygen atoms in total. The molecule has 1 aliphatic rings. The summed E-state index contributed by atoms with van der Waals surface area (Å²) in [6, 6.07) is 0.728. The van der Waals surface area contributed by atoms with Crippen molar-refractivity contribution in [3.63, 3.8) is 0 Å². The largest absolute Gasteiger partial charge is 0.368 e. The molecule has 1 aromatic heterocycles. The number of nitrogens with one attached hydrogen (secondary N) is 2. The van der Waals surface area contributed by atoms with Gasteiger partial charge in [0.25, 0.3) is 0 Å². The van der Waals surface area contributed by atoms with E-state index in [0.29, 0.717) is 6.61 Å². The minimum Gasteiger partial charge on any atom is -0.368 e. The van der Waals surface area contributed by atoms with Crippen molar-refractivity contribution in [1.82, 2.24) is 15.3 Å². The summed E-state index contributed by atoms with van der Waals surface area (Å²) < 4.78 is 5.80. The van der Waals surface area contributed by atoms with Crippen LogP contribution in [0.25, 0.3) is 0 Å². The Bertz CT molecular complexity index is 359. The maximum Gasteiger partial charge on any atom is 0.138 e. The summed E-state index contributed by atoms with van der Waals surface area (Å²) in [4.78, 5) is 7.83. The molecular weight excluding hydrogens is 214 g/mol. The highest BCUT2D eigenvalue weighted by Gasteiger charge is 2.28. The first kappa shape index (κ1) is 12.6. The van der Waals surface area contributed by atoms with E-state index in [1.54, 1.807) is 0 Å². The third-order valence-electron chi connectivity index (χ3n) is 3.43. The van der Waals surface area contributed by atoms with E-state index in [9.17, 15) is 0 Å². The Labute approximate surface area is 103 Å². The minimum atomic E-state index is -0.285. The van der Waals surface area contributed by atoms with Gasteiger partial charge in [-0.2, -0.15) is 0 Å². The molecule has 2 N–H and O–H groups in total. The molecular formula is C13H23N3O. The lowest BCUT2D eigenvalue weighted by atomic mass is 10.0. The summed E-state index contributed by atoms with van der Waals surface area (Å²) in [6.45, 7) is 7.82. The number of rotatable bonds is 7. The Morgan fingerprint density at radius 1 is 1.53 bits per heavy atom. The highest BCUT2D eigenvalue weighted by molar-refractivity contribution is 5.08. The van der Waals surface area contributed by atoms with Crippen molar-refractivity contribution in [2.45, 2.75) is 58.2 Å². The van der Waals surface area contributed by atoms with Crippen LogP contribution in [-0.2, 0) is 16.9 Å². The zero-order valence-electron chi connectivity index (χ0n) is 11.0. The first-order valence-electron chi connectivity index (χ1n) is 6.59. The third kappa shape index (κ3) is 3.07. The van der Waals surface area contributed by atoms with Gasteiger partial charge in [0.05, 0.1) is 0 Å². The zero-order chi connectivity index (χ0) is 12.3. The first-order chi connectivity index (χ1) is 8.18. The van der Waals surface area contributed by atoms with Gasteiger partial charge in [0.1, 0.15) is 11.4 Å². The molecule has 1 heterocycles. The van der Waals surface area contributed by atoms with Gasteiger partial charge >= 0.3 is 0 Å². The van der Waals surface area contributed by atoms with E-state index in [1.165, 1.54) is 12.8 Å². The third-order valence-corrected chi connectivity index (χ3v) is 3.43. The second kappa shape index (κ2) is 5.19. The number of ether oxygens (including phenoxy) is 1. The minimum absolute atomic E-state index is 0.285. The topological polar surface area (TPSA) is 49.9 Å². The average molecular weight is 237 g/mol. The van der Waals surface area contributed by atoms with Crippen molar-refractivity contribution in [2.24, 2.45) is 0 Å². The molecule has 96 valence electrons. The molecule has 0 amide bonds. The Morgan fingerprint density at radius 3 is 2.88 bits per heavy atom. The number of hydrogen-bond donors (Lipinski definition) is 2. The van der Waals surface area contributed by atoms with Crippen molar-refractivity contribution < 1.29 is 4.74 Å². The zero-order valence-corrected chi connectivity index (χ0v) is 11.0. The van der Waals surface area contributed by atoms with Crippen molar-refractivity contribution in [3.05, 3.63) is 17.7 Å². The van der Waals surface area contributed by atoms with Gasteiger partial charge in [-0.05, 0) is 33.1 Å². The molecule has 0 spiro atoms. The molecule has 0 bridgehead atoms. The summed E-state index contributed by atoms with van der Waals surface area (Å²) in [5.41, 5.74) is 0.860. The molecule has 0 radical (unpaired) electrons. The molecule has 1 fully saturated rings. The van der Waals surface area contributed by atoms with Gasteiger partial charge in [-0.1, -0.05) is 6.92 Å². The maximum atomic E-state index is 5.80. The second-order valence-corrected chi connectivity index (χ2v) is 4.93. The Kier molecular flexibility index (Phi) is 3.84. The molecule has 1 unspecified atom stereocenters. The summed E-state index contributed by atoms with van der Waals surface area (Å²) in [6.07, 6.45) is 5.46. The predicted molar refractivity (Wildman–Crippen MR) is 67.7 cm³/mol. The van der Waals surface area contributed by atoms with Crippen LogP contribution in [0.1, 0.15) is 51.6 Å². The monoisotopic (exact) mass is 237 g/mol. The fraction of sp³-hybridized carbons (Fsp3) is 0.769. The van der Waals surface area contributed by atoms with Crippen LogP contribution in [0.5, 0.6) is 0 Å². The number of imidazole rings is 1. The van der Waals surface area contributed by atoms with Crippen LogP contribution < -0.4 is 5.32 Å². The Morgan fingerprint density at radius 2 is 2.29 bits per heavy atom. The van der Waals surface area contributed by atoms with Gasteiger partial charge in [0.2, 0.25) is 0 Å². The lowest BCUT2D eigenvalue weighted by Gasteiger charge is -2.25. The standard InChI is InChI=1S/C13H23N3O/c1-4-13(3,17-5-2)12-15-9-11(16-12)8-14-10-6-7-10/h9-10,14H,4-8H2,1-3H3,(H,15,16). The molecule has 17 heavy (non-hydrogen) atoms. The van der Waals surface area contributed by atoms with E-state index in [1.807, 2.05) is 13.1 Å². The smallest absolute Gasteiger partial charge is 0.138 e. The molecule has 0 aromatic carbocycles. The van der Waals surface area contributed by atoms with Crippen LogP contribution in [0.2, 0.25) is 0 Å². The average Bonchev–Trinajstić information content (AvgIpc) is 3.03. The summed E-state index contributed by atoms with van der Waals surface area (Å²) in [5.74, 6) is 0.939. The fourth-order valence-corrected chi connectivity index (χ4v) is 1.92. The molecule has 1 aliphatic carbocycles. The summed E-state index contributed by atoms with van der Waals surface area (Å²) in [7, 11) is 0. The lowest BCUT2D eigenvalue weighted by molar-refractivity contribution is -0.0385. The fourth-order valence-electron chi connectivity index (χ4n) is 1.92. The number of nitrogens with zero attached hydrogens (tertiary/aromatic N) is 1. The predicted octanol–water partition coefficient (Wildman–Crippen LogP) is 2.32. The van der Waals surface area contributed by atoms with E-state index in [-0.39, 0.29) is 5.60 Å². The highest BCUT2D eigenvalue weighted by atomic mass is 16.5. The quantitative estimate of drug-likeness (QED) is 0.765. The molecule has 2 rings (SSSR count). The van der Waals surface area contributed by atoms with E-state index >= 15 is 0 Å². The number of H-pyrrole nitrogens is 1. The van der Waals surface area contributed by atoms with Crippen molar-refractivity contribution in [3.8, 4) is 0 Å². The molecule has 4 heteroatoms. The maximum absolute atomic E-state index is 5.80. The second-order valence-electron chi connectivity index (χ2n) is 4.93. The number of aromatic amines is 1. The van der Waals surface area contributed by atoms with Crippen LogP contribution in [0, 0.1) is 0 Å². The SMILES string of the molecule is CCOC(C)(CC)c1ncc(CNC2CC2)[nH]1. The van der Waals surface area contributed by atoms with Crippen molar-refractivity contribution in [1.29, 1.82) is 0 Å².